The van der Waals surface area contributed by atoms with Crippen molar-refractivity contribution in [3.05, 3.63) is 162 Å². The highest BCUT2D eigenvalue weighted by Gasteiger charge is 2.20. The Balaban J connectivity index is 0.000000198. The number of ether oxygens (including phenoxy) is 6. The number of carbonyl (C=O) groups is 3. The van der Waals surface area contributed by atoms with Gasteiger partial charge in [-0.2, -0.15) is 0 Å². The summed E-state index contributed by atoms with van der Waals surface area (Å²) >= 11 is 0. The second-order valence-electron chi connectivity index (χ2n) is 13.2. The minimum atomic E-state index is -0.387. The molecule has 0 bridgehead atoms. The molecular formula is C45H54N6O9. The molecule has 6 aromatic rings. The molecule has 318 valence electrons. The van der Waals surface area contributed by atoms with Gasteiger partial charge in [0.25, 0.3) is 0 Å². The molecule has 15 nitrogen and oxygen atoms in total. The number of aromatic nitrogens is 6. The molecule has 0 saturated carbocycles. The lowest BCUT2D eigenvalue weighted by molar-refractivity contribution is 0.0368. The molecule has 3 aromatic carbocycles. The number of methoxy groups -OCH3 is 3. The van der Waals surface area contributed by atoms with Crippen LogP contribution in [0.25, 0.3) is 0 Å². The SMILES string of the molecule is COCCOC(=O)c1cncn1C(C)c1ccccc1.COCCOC(=O)c1cncn1[C@@H](C)c1ccccc1.COCCOC(=O)c1cncn1[C@H](C)c1ccccc1. The lowest BCUT2D eigenvalue weighted by atomic mass is 10.1. The maximum absolute atomic E-state index is 12.0. The van der Waals surface area contributed by atoms with E-state index in [2.05, 4.69) is 15.0 Å². The van der Waals surface area contributed by atoms with Crippen molar-refractivity contribution < 1.29 is 42.8 Å². The van der Waals surface area contributed by atoms with Gasteiger partial charge >= 0.3 is 17.9 Å². The normalized spacial score (nSPS) is 12.1. The van der Waals surface area contributed by atoms with Crippen LogP contribution in [-0.4, -0.2) is 108 Å². The second kappa shape index (κ2) is 25.2. The van der Waals surface area contributed by atoms with Gasteiger partial charge in [0.05, 0.1) is 75.5 Å². The molecule has 3 atom stereocenters. The number of benzene rings is 3. The quantitative estimate of drug-likeness (QED) is 0.0503. The Morgan fingerprint density at radius 1 is 0.433 bits per heavy atom. The second-order valence-corrected chi connectivity index (χ2v) is 13.2. The van der Waals surface area contributed by atoms with Crippen molar-refractivity contribution in [1.29, 1.82) is 0 Å². The van der Waals surface area contributed by atoms with Crippen molar-refractivity contribution in [1.82, 2.24) is 28.7 Å². The molecule has 0 amide bonds. The summed E-state index contributed by atoms with van der Waals surface area (Å²) < 4.78 is 35.4. The number of carbonyl (C=O) groups excluding carboxylic acids is 3. The number of rotatable bonds is 18. The summed E-state index contributed by atoms with van der Waals surface area (Å²) in [6.45, 7) is 7.91. The van der Waals surface area contributed by atoms with Gasteiger partial charge in [-0.25, -0.2) is 29.3 Å². The van der Waals surface area contributed by atoms with Gasteiger partial charge < -0.3 is 42.1 Å². The van der Waals surface area contributed by atoms with Crippen LogP contribution in [0.15, 0.2) is 129 Å². The molecule has 0 radical (unpaired) electrons. The zero-order valence-corrected chi connectivity index (χ0v) is 35.0. The minimum absolute atomic E-state index is 0.0173. The molecule has 0 aliphatic heterocycles. The van der Waals surface area contributed by atoms with E-state index < -0.39 is 0 Å². The summed E-state index contributed by atoms with van der Waals surface area (Å²) in [6.07, 6.45) is 9.50. The van der Waals surface area contributed by atoms with E-state index in [4.69, 9.17) is 28.4 Å². The third kappa shape index (κ3) is 13.6. The molecule has 6 rings (SSSR count). The summed E-state index contributed by atoms with van der Waals surface area (Å²) in [6, 6.07) is 29.9. The zero-order chi connectivity index (χ0) is 43.1. The molecule has 0 spiro atoms. The largest absolute Gasteiger partial charge is 0.459 e. The van der Waals surface area contributed by atoms with Crippen molar-refractivity contribution in [2.24, 2.45) is 0 Å². The van der Waals surface area contributed by atoms with Gasteiger partial charge in [0, 0.05) is 21.3 Å². The van der Waals surface area contributed by atoms with Crippen LogP contribution >= 0.6 is 0 Å². The van der Waals surface area contributed by atoms with E-state index in [1.54, 1.807) is 40.3 Å². The highest BCUT2D eigenvalue weighted by Crippen LogP contribution is 2.22. The molecule has 1 unspecified atom stereocenters. The number of imidazole rings is 3. The van der Waals surface area contributed by atoms with Crippen molar-refractivity contribution in [2.75, 3.05) is 61.0 Å². The molecular weight excluding hydrogens is 769 g/mol. The van der Waals surface area contributed by atoms with E-state index in [9.17, 15) is 14.4 Å². The Labute approximate surface area is 350 Å². The van der Waals surface area contributed by atoms with Gasteiger partial charge in [0.2, 0.25) is 0 Å². The van der Waals surface area contributed by atoms with E-state index in [1.165, 1.54) is 18.6 Å². The van der Waals surface area contributed by atoms with Crippen LogP contribution in [0, 0.1) is 0 Å². The highest BCUT2D eigenvalue weighted by molar-refractivity contribution is 5.88. The van der Waals surface area contributed by atoms with Crippen molar-refractivity contribution in [3.63, 3.8) is 0 Å². The van der Waals surface area contributed by atoms with Crippen LogP contribution in [0.3, 0.4) is 0 Å². The zero-order valence-electron chi connectivity index (χ0n) is 35.0. The third-order valence-electron chi connectivity index (χ3n) is 9.29. The lowest BCUT2D eigenvalue weighted by Crippen LogP contribution is -2.17. The highest BCUT2D eigenvalue weighted by atomic mass is 16.6. The maximum atomic E-state index is 12.0. The molecule has 0 fully saturated rings. The molecule has 15 heteroatoms. The molecule has 3 heterocycles. The van der Waals surface area contributed by atoms with Crippen LogP contribution in [0.4, 0.5) is 0 Å². The van der Waals surface area contributed by atoms with E-state index in [1.807, 2.05) is 125 Å². The van der Waals surface area contributed by atoms with Crippen molar-refractivity contribution >= 4 is 17.9 Å². The van der Waals surface area contributed by atoms with E-state index in [0.29, 0.717) is 36.9 Å². The predicted molar refractivity (Wildman–Crippen MR) is 224 cm³/mol. The van der Waals surface area contributed by atoms with Crippen molar-refractivity contribution in [3.8, 4) is 0 Å². The minimum Gasteiger partial charge on any atom is -0.459 e. The van der Waals surface area contributed by atoms with Gasteiger partial charge in [0.15, 0.2) is 0 Å². The van der Waals surface area contributed by atoms with Gasteiger partial charge in [-0.15, -0.1) is 0 Å². The van der Waals surface area contributed by atoms with Gasteiger partial charge in [-0.1, -0.05) is 91.0 Å². The van der Waals surface area contributed by atoms with Gasteiger partial charge in [-0.05, 0) is 37.5 Å². The van der Waals surface area contributed by atoms with Crippen LogP contribution in [0.2, 0.25) is 0 Å². The molecule has 0 aliphatic rings. The van der Waals surface area contributed by atoms with Crippen molar-refractivity contribution in [2.45, 2.75) is 38.9 Å². The Kier molecular flexibility index (Phi) is 19.4. The average molecular weight is 823 g/mol. The Bertz CT molecular complexity index is 1900. The Hall–Kier alpha value is -6.42. The molecule has 3 aromatic heterocycles. The summed E-state index contributed by atoms with van der Waals surface area (Å²) in [4.78, 5) is 48.1. The average Bonchev–Trinajstić information content (AvgIpc) is 4.10. The summed E-state index contributed by atoms with van der Waals surface area (Å²) in [5.74, 6) is -1.16. The first-order chi connectivity index (χ1) is 29.2. The Morgan fingerprint density at radius 2 is 0.683 bits per heavy atom. The number of esters is 3. The van der Waals surface area contributed by atoms with Crippen LogP contribution < -0.4 is 0 Å². The number of hydrogen-bond donors (Lipinski definition) is 0. The monoisotopic (exact) mass is 822 g/mol. The fourth-order valence-electron chi connectivity index (χ4n) is 5.87. The molecule has 0 aliphatic carbocycles. The van der Waals surface area contributed by atoms with E-state index in [-0.39, 0.29) is 55.9 Å². The molecule has 0 N–H and O–H groups in total. The first-order valence-corrected chi connectivity index (χ1v) is 19.4. The predicted octanol–water partition coefficient (Wildman–Crippen LogP) is 6.89. The molecule has 60 heavy (non-hydrogen) atoms. The van der Waals surface area contributed by atoms with Crippen LogP contribution in [-0.2, 0) is 28.4 Å². The van der Waals surface area contributed by atoms with Gasteiger partial charge in [0.1, 0.15) is 36.9 Å². The first kappa shape index (κ1) is 46.3. The fraction of sp³-hybridized carbons (Fsp3) is 0.333. The summed E-state index contributed by atoms with van der Waals surface area (Å²) in [7, 11) is 4.70. The standard InChI is InChI=1S/3C15H18N2O3/c3*1-12(13-6-4-3-5-7-13)17-11-16-10-14(17)15(18)20-9-8-19-2/h3*3-7,10-12H,8-9H2,1-2H3/t2*12-;/m10./s1. The number of nitrogens with zero attached hydrogens (tertiary/aromatic N) is 6. The summed E-state index contributed by atoms with van der Waals surface area (Å²) in [5, 5.41) is 0. The number of hydrogen-bond acceptors (Lipinski definition) is 12. The lowest BCUT2D eigenvalue weighted by Gasteiger charge is -2.16. The molecule has 0 saturated heterocycles. The van der Waals surface area contributed by atoms with E-state index in [0.717, 1.165) is 16.7 Å². The van der Waals surface area contributed by atoms with Crippen LogP contribution in [0.5, 0.6) is 0 Å². The third-order valence-corrected chi connectivity index (χ3v) is 9.29. The fourth-order valence-corrected chi connectivity index (χ4v) is 5.87. The first-order valence-electron chi connectivity index (χ1n) is 19.4. The van der Waals surface area contributed by atoms with Gasteiger partial charge in [-0.3, -0.25) is 0 Å². The maximum Gasteiger partial charge on any atom is 0.356 e. The van der Waals surface area contributed by atoms with Crippen LogP contribution in [0.1, 0.15) is 87.1 Å². The smallest absolute Gasteiger partial charge is 0.356 e. The summed E-state index contributed by atoms with van der Waals surface area (Å²) in [5.41, 5.74) is 4.65. The Morgan fingerprint density at radius 3 is 0.917 bits per heavy atom. The van der Waals surface area contributed by atoms with E-state index >= 15 is 0 Å². The topological polar surface area (TPSA) is 160 Å².